The Labute approximate surface area is 313 Å². The minimum Gasteiger partial charge on any atom is -0.496 e. The van der Waals surface area contributed by atoms with Crippen LogP contribution in [0.25, 0.3) is 0 Å². The van der Waals surface area contributed by atoms with Crippen LogP contribution in [0.1, 0.15) is 74.7 Å². The molecular formula is C35H50ClN3O14. The fourth-order valence-corrected chi connectivity index (χ4v) is 3.35. The maximum atomic E-state index is 12.0. The number of rotatable bonds is 12. The van der Waals surface area contributed by atoms with E-state index in [1.165, 1.54) is 39.3 Å². The number of carbonyl (C=O) groups excluding carboxylic acids is 6. The van der Waals surface area contributed by atoms with Crippen molar-refractivity contribution in [2.24, 2.45) is 0 Å². The van der Waals surface area contributed by atoms with Crippen molar-refractivity contribution in [1.29, 1.82) is 0 Å². The van der Waals surface area contributed by atoms with Crippen molar-refractivity contribution in [2.45, 2.75) is 66.1 Å². The third kappa shape index (κ3) is 25.4. The summed E-state index contributed by atoms with van der Waals surface area (Å²) in [6, 6.07) is 9.21. The van der Waals surface area contributed by atoms with Crippen LogP contribution in [0.5, 0.6) is 11.5 Å². The average molecular weight is 772 g/mol. The first kappa shape index (κ1) is 49.9. The van der Waals surface area contributed by atoms with Gasteiger partial charge in [-0.3, -0.25) is 24.0 Å². The van der Waals surface area contributed by atoms with E-state index >= 15 is 0 Å². The van der Waals surface area contributed by atoms with Crippen LogP contribution < -0.4 is 25.8 Å². The van der Waals surface area contributed by atoms with E-state index in [-0.39, 0.29) is 29.8 Å². The predicted molar refractivity (Wildman–Crippen MR) is 195 cm³/mol. The molecule has 0 aliphatic heterocycles. The van der Waals surface area contributed by atoms with Crippen LogP contribution in [-0.4, -0.2) is 108 Å². The van der Waals surface area contributed by atoms with Crippen LogP contribution in [0.2, 0.25) is 0 Å². The Morgan fingerprint density at radius 3 is 1.49 bits per heavy atom. The number of aliphatic hydroxyl groups excluding tert-OH is 2. The second-order valence-corrected chi connectivity index (χ2v) is 13.0. The standard InChI is InChI=1S/C17H23NO6.C9H11NO3.C7H13NO4.C2H3ClO/c1-17(2,3)24-16(22)18-9-13(20)7-12-6-5-11(14(21)10-19)8-15(12)23-4;1-13-9-4-6(8(12)5-11)2-3-7(9)10;1-7(2,3)12-6(11)8-4-5(9)10;1-2(3)4/h5-6,8,19H,7,9-10H2,1-4H3,(H,18,22);2-4,11H,5,10H2,1H3;4H2,1-3H3,(H,8,11)(H,9,10);1H3. The number of carboxylic acids is 1. The van der Waals surface area contributed by atoms with E-state index in [0.717, 1.165) is 0 Å². The average Bonchev–Trinajstić information content (AvgIpc) is 3.05. The molecule has 2 aromatic carbocycles. The van der Waals surface area contributed by atoms with E-state index in [4.69, 9.17) is 40.0 Å². The van der Waals surface area contributed by atoms with E-state index in [1.807, 2.05) is 0 Å². The summed E-state index contributed by atoms with van der Waals surface area (Å²) in [5.41, 5.74) is 6.07. The van der Waals surface area contributed by atoms with Gasteiger partial charge in [-0.05, 0) is 77.4 Å². The van der Waals surface area contributed by atoms with Crippen molar-refractivity contribution in [1.82, 2.24) is 10.6 Å². The number of carbonyl (C=O) groups is 7. The molecule has 0 spiro atoms. The Bertz CT molecular complexity index is 1550. The van der Waals surface area contributed by atoms with Gasteiger partial charge in [0.2, 0.25) is 5.24 Å². The summed E-state index contributed by atoms with van der Waals surface area (Å²) in [7, 11) is 2.90. The summed E-state index contributed by atoms with van der Waals surface area (Å²) < 4.78 is 19.9. The van der Waals surface area contributed by atoms with Crippen LogP contribution in [0.3, 0.4) is 0 Å². The van der Waals surface area contributed by atoms with Crippen molar-refractivity contribution in [3.63, 3.8) is 0 Å². The van der Waals surface area contributed by atoms with E-state index in [9.17, 15) is 33.6 Å². The summed E-state index contributed by atoms with van der Waals surface area (Å²) in [5.74, 6) is -1.29. The fourth-order valence-electron chi connectivity index (χ4n) is 3.35. The summed E-state index contributed by atoms with van der Waals surface area (Å²) in [4.78, 5) is 76.0. The summed E-state index contributed by atoms with van der Waals surface area (Å²) in [6.45, 7) is 9.89. The molecule has 0 atom stereocenters. The van der Waals surface area contributed by atoms with Crippen LogP contribution in [0.15, 0.2) is 36.4 Å². The lowest BCUT2D eigenvalue weighted by atomic mass is 10.0. The molecule has 7 N–H and O–H groups in total. The van der Waals surface area contributed by atoms with Crippen molar-refractivity contribution in [3.05, 3.63) is 53.1 Å². The fraction of sp³-hybridized carbons (Fsp3) is 0.457. The van der Waals surface area contributed by atoms with Crippen LogP contribution in [-0.2, 0) is 30.3 Å². The zero-order valence-corrected chi connectivity index (χ0v) is 32.0. The SMILES string of the molecule is CC(=O)Cl.CC(C)(C)OC(=O)NCC(=O)O.COc1cc(C(=O)CO)ccc1CC(=O)CNC(=O)OC(C)(C)C.COc1cc(C(=O)CO)ccc1N. The van der Waals surface area contributed by atoms with Gasteiger partial charge in [0.25, 0.3) is 0 Å². The van der Waals surface area contributed by atoms with Gasteiger partial charge in [-0.15, -0.1) is 0 Å². The smallest absolute Gasteiger partial charge is 0.408 e. The number of aliphatic hydroxyl groups is 2. The highest BCUT2D eigenvalue weighted by Gasteiger charge is 2.18. The molecule has 0 saturated carbocycles. The van der Waals surface area contributed by atoms with E-state index in [1.54, 1.807) is 59.7 Å². The molecule has 17 nitrogen and oxygen atoms in total. The molecule has 0 bridgehead atoms. The molecule has 296 valence electrons. The molecule has 2 amide bonds. The molecule has 0 fully saturated rings. The minimum atomic E-state index is -1.10. The van der Waals surface area contributed by atoms with Gasteiger partial charge >= 0.3 is 18.2 Å². The quantitative estimate of drug-likeness (QED) is 0.103. The third-order valence-corrected chi connectivity index (χ3v) is 5.45. The number of nitrogens with one attached hydrogen (secondary N) is 2. The highest BCUT2D eigenvalue weighted by molar-refractivity contribution is 6.62. The van der Waals surface area contributed by atoms with Gasteiger partial charge in [0.15, 0.2) is 17.3 Å². The molecule has 0 aliphatic rings. The maximum Gasteiger partial charge on any atom is 0.408 e. The van der Waals surface area contributed by atoms with E-state index < -0.39 is 54.9 Å². The van der Waals surface area contributed by atoms with Crippen molar-refractivity contribution in [2.75, 3.05) is 46.3 Å². The van der Waals surface area contributed by atoms with Crippen molar-refractivity contribution in [3.8, 4) is 11.5 Å². The Balaban J connectivity index is 0. The molecule has 18 heteroatoms. The van der Waals surface area contributed by atoms with E-state index in [0.29, 0.717) is 33.9 Å². The normalized spacial score (nSPS) is 10.2. The lowest BCUT2D eigenvalue weighted by Gasteiger charge is -2.19. The molecule has 0 saturated heterocycles. The highest BCUT2D eigenvalue weighted by atomic mass is 35.5. The molecular weight excluding hydrogens is 722 g/mol. The number of Topliss-reactive ketones (excluding diaryl/α,β-unsaturated/α-hetero) is 3. The second-order valence-electron chi connectivity index (χ2n) is 12.4. The Morgan fingerprint density at radius 2 is 1.11 bits per heavy atom. The predicted octanol–water partition coefficient (Wildman–Crippen LogP) is 3.33. The first-order valence-electron chi connectivity index (χ1n) is 15.6. The zero-order valence-electron chi connectivity index (χ0n) is 31.3. The summed E-state index contributed by atoms with van der Waals surface area (Å²) in [6.07, 6.45) is -1.34. The topological polar surface area (TPSA) is 267 Å². The van der Waals surface area contributed by atoms with Gasteiger partial charge in [-0.2, -0.15) is 0 Å². The molecule has 2 rings (SSSR count). The monoisotopic (exact) mass is 771 g/mol. The zero-order chi connectivity index (χ0) is 41.5. The number of hydrogen-bond donors (Lipinski definition) is 6. The van der Waals surface area contributed by atoms with Crippen LogP contribution in [0.4, 0.5) is 15.3 Å². The number of hydrogen-bond acceptors (Lipinski definition) is 14. The van der Waals surface area contributed by atoms with Gasteiger partial charge in [0, 0.05) is 30.0 Å². The number of carboxylic acid groups (broad SMARTS) is 1. The van der Waals surface area contributed by atoms with Crippen molar-refractivity contribution < 1.29 is 67.8 Å². The first-order valence-corrected chi connectivity index (χ1v) is 16.0. The molecule has 0 aliphatic carbocycles. The summed E-state index contributed by atoms with van der Waals surface area (Å²) >= 11 is 4.64. The lowest BCUT2D eigenvalue weighted by molar-refractivity contribution is -0.136. The number of nitrogens with two attached hydrogens (primary N) is 1. The summed E-state index contributed by atoms with van der Waals surface area (Å²) in [5, 5.41) is 29.8. The minimum absolute atomic E-state index is 0.0343. The van der Waals surface area contributed by atoms with Gasteiger partial charge in [0.1, 0.15) is 42.5 Å². The second kappa shape index (κ2) is 24.8. The Hall–Kier alpha value is -5.26. The number of halogens is 1. The molecule has 2 aromatic rings. The molecule has 0 unspecified atom stereocenters. The number of nitrogen functional groups attached to an aromatic ring is 1. The number of aliphatic carboxylic acids is 1. The molecule has 0 heterocycles. The van der Waals surface area contributed by atoms with Gasteiger partial charge in [-0.25, -0.2) is 9.59 Å². The third-order valence-electron chi connectivity index (χ3n) is 5.45. The molecule has 53 heavy (non-hydrogen) atoms. The number of amides is 2. The number of anilines is 1. The van der Waals surface area contributed by atoms with E-state index in [2.05, 4.69) is 22.2 Å². The number of benzene rings is 2. The van der Waals surface area contributed by atoms with Gasteiger partial charge in [0.05, 0.1) is 26.5 Å². The number of alkyl carbamates (subject to hydrolysis) is 2. The highest BCUT2D eigenvalue weighted by Crippen LogP contribution is 2.23. The lowest BCUT2D eigenvalue weighted by Crippen LogP contribution is -2.35. The number of methoxy groups -OCH3 is 2. The van der Waals surface area contributed by atoms with Crippen LogP contribution >= 0.6 is 11.6 Å². The Kier molecular flexibility index (Phi) is 23.4. The number of ketones is 3. The number of ether oxygens (including phenoxy) is 4. The molecule has 0 radical (unpaired) electrons. The van der Waals surface area contributed by atoms with Gasteiger partial charge < -0.3 is 50.6 Å². The van der Waals surface area contributed by atoms with Crippen LogP contribution in [0, 0.1) is 0 Å². The largest absolute Gasteiger partial charge is 0.496 e. The maximum absolute atomic E-state index is 12.0. The van der Waals surface area contributed by atoms with Gasteiger partial charge in [-0.1, -0.05) is 12.1 Å². The van der Waals surface area contributed by atoms with Crippen molar-refractivity contribution >= 4 is 58.0 Å². The molecule has 0 aromatic heterocycles. The Morgan fingerprint density at radius 1 is 0.717 bits per heavy atom. The first-order chi connectivity index (χ1) is 24.4.